The SMILES string of the molecule is CC(=O)OC[C@H]1O[C@@H]2[C@@H](Sc3nc(-c4ccc(Cl)cc4)c(C#N)c(=O)n32)[C@@H](OC(C)=O)[C@@H]1OC(C)=O. The van der Waals surface area contributed by atoms with Gasteiger partial charge in [0.05, 0.1) is 10.9 Å². The normalized spacial score (nSPS) is 24.1. The summed E-state index contributed by atoms with van der Waals surface area (Å²) in [5, 5.41) is 9.73. The van der Waals surface area contributed by atoms with Gasteiger partial charge in [-0.1, -0.05) is 35.5 Å². The molecule has 36 heavy (non-hydrogen) atoms. The number of hydrogen-bond donors (Lipinski definition) is 0. The molecule has 0 amide bonds. The lowest BCUT2D eigenvalue weighted by atomic mass is 9.99. The van der Waals surface area contributed by atoms with E-state index in [4.69, 9.17) is 30.5 Å². The molecule has 1 fully saturated rings. The molecule has 0 radical (unpaired) electrons. The van der Waals surface area contributed by atoms with Crippen LogP contribution in [0.25, 0.3) is 11.3 Å². The van der Waals surface area contributed by atoms with Gasteiger partial charge < -0.3 is 18.9 Å². The van der Waals surface area contributed by atoms with Crippen molar-refractivity contribution < 1.29 is 33.3 Å². The standard InChI is InChI=1S/C23H20ClN3O8S/c1-10(28)32-9-16-18(33-11(2)29)19(34-12(3)30)20-22(35-16)27-21(31)15(8-25)17(26-23(27)36-20)13-4-6-14(24)7-5-13/h4-7,16,18-20,22H,9H2,1-3H3/t16-,18-,19+,20+,22-/m1/s1. The highest BCUT2D eigenvalue weighted by Gasteiger charge is 2.55. The number of thioether (sulfide) groups is 1. The number of carbonyl (C=O) groups excluding carboxylic acids is 3. The summed E-state index contributed by atoms with van der Waals surface area (Å²) in [6.07, 6.45) is -4.31. The fourth-order valence-corrected chi connectivity index (χ4v) is 5.54. The third kappa shape index (κ3) is 4.95. The van der Waals surface area contributed by atoms with E-state index in [9.17, 15) is 24.4 Å². The van der Waals surface area contributed by atoms with Gasteiger partial charge in [0.25, 0.3) is 5.56 Å². The molecule has 2 aromatic rings. The molecule has 1 aromatic heterocycles. The summed E-state index contributed by atoms with van der Waals surface area (Å²) in [6, 6.07) is 8.41. The molecule has 2 aliphatic heterocycles. The van der Waals surface area contributed by atoms with Crippen molar-refractivity contribution in [1.82, 2.24) is 9.55 Å². The molecule has 0 saturated carbocycles. The third-order valence-corrected chi connectivity index (χ3v) is 7.00. The number of fused-ring (bicyclic) bond motifs is 3. The zero-order valence-electron chi connectivity index (χ0n) is 19.3. The topological polar surface area (TPSA) is 147 Å². The van der Waals surface area contributed by atoms with Gasteiger partial charge in [0, 0.05) is 31.4 Å². The van der Waals surface area contributed by atoms with E-state index in [0.717, 1.165) is 11.8 Å². The second-order valence-corrected chi connectivity index (χ2v) is 9.59. The van der Waals surface area contributed by atoms with Crippen LogP contribution in [0.3, 0.4) is 0 Å². The maximum Gasteiger partial charge on any atom is 0.303 e. The van der Waals surface area contributed by atoms with E-state index in [0.29, 0.717) is 10.6 Å². The Morgan fingerprint density at radius 3 is 2.33 bits per heavy atom. The highest BCUT2D eigenvalue weighted by atomic mass is 35.5. The minimum Gasteiger partial charge on any atom is -0.463 e. The number of ether oxygens (including phenoxy) is 4. The van der Waals surface area contributed by atoms with Gasteiger partial charge in [-0.2, -0.15) is 5.26 Å². The summed E-state index contributed by atoms with van der Waals surface area (Å²) in [4.78, 5) is 53.3. The van der Waals surface area contributed by atoms with Crippen LogP contribution in [0.5, 0.6) is 0 Å². The van der Waals surface area contributed by atoms with E-state index in [2.05, 4.69) is 4.98 Å². The Labute approximate surface area is 214 Å². The highest BCUT2D eigenvalue weighted by Crippen LogP contribution is 2.47. The Bertz CT molecular complexity index is 1320. The summed E-state index contributed by atoms with van der Waals surface area (Å²) in [5.41, 5.74) is -0.205. The molecule has 188 valence electrons. The summed E-state index contributed by atoms with van der Waals surface area (Å²) >= 11 is 7.05. The number of esters is 3. The van der Waals surface area contributed by atoms with Crippen LogP contribution in [0.2, 0.25) is 5.02 Å². The van der Waals surface area contributed by atoms with E-state index < -0.39 is 53.3 Å². The van der Waals surface area contributed by atoms with Crippen LogP contribution in [0, 0.1) is 11.3 Å². The van der Waals surface area contributed by atoms with Crippen molar-refractivity contribution in [1.29, 1.82) is 5.26 Å². The van der Waals surface area contributed by atoms with E-state index in [-0.39, 0.29) is 23.0 Å². The van der Waals surface area contributed by atoms with E-state index in [1.54, 1.807) is 24.3 Å². The van der Waals surface area contributed by atoms with Crippen LogP contribution in [0.1, 0.15) is 32.6 Å². The van der Waals surface area contributed by atoms with Crippen molar-refractivity contribution >= 4 is 41.3 Å². The lowest BCUT2D eigenvalue weighted by molar-refractivity contribution is -0.223. The van der Waals surface area contributed by atoms with Crippen molar-refractivity contribution in [2.75, 3.05) is 6.61 Å². The Kier molecular flexibility index (Phi) is 7.35. The zero-order valence-corrected chi connectivity index (χ0v) is 20.9. The summed E-state index contributed by atoms with van der Waals surface area (Å²) in [6.45, 7) is 3.24. The van der Waals surface area contributed by atoms with Gasteiger partial charge in [-0.15, -0.1) is 0 Å². The second kappa shape index (κ2) is 10.3. The molecule has 0 spiro atoms. The van der Waals surface area contributed by atoms with E-state index >= 15 is 0 Å². The molecule has 0 N–H and O–H groups in total. The first-order valence-electron chi connectivity index (χ1n) is 10.7. The summed E-state index contributed by atoms with van der Waals surface area (Å²) in [5.74, 6) is -1.93. The fraction of sp³-hybridized carbons (Fsp3) is 0.391. The average Bonchev–Trinajstić information content (AvgIpc) is 3.17. The predicted octanol–water partition coefficient (Wildman–Crippen LogP) is 2.23. The van der Waals surface area contributed by atoms with Crippen molar-refractivity contribution in [3.05, 3.63) is 45.2 Å². The molecule has 4 rings (SSSR count). The quantitative estimate of drug-likeness (QED) is 0.316. The first kappa shape index (κ1) is 25.7. The van der Waals surface area contributed by atoms with Crippen LogP contribution in [0.4, 0.5) is 0 Å². The molecule has 13 heteroatoms. The molecule has 1 aromatic carbocycles. The monoisotopic (exact) mass is 533 g/mol. The van der Waals surface area contributed by atoms with Crippen LogP contribution < -0.4 is 5.56 Å². The molecule has 3 heterocycles. The average molecular weight is 534 g/mol. The summed E-state index contributed by atoms with van der Waals surface area (Å²) in [7, 11) is 0. The van der Waals surface area contributed by atoms with Crippen molar-refractivity contribution in [2.45, 2.75) is 55.7 Å². The lowest BCUT2D eigenvalue weighted by Crippen LogP contribution is -2.58. The van der Waals surface area contributed by atoms with E-state index in [1.165, 1.54) is 25.3 Å². The van der Waals surface area contributed by atoms with Crippen molar-refractivity contribution in [2.24, 2.45) is 0 Å². The number of rotatable bonds is 5. The lowest BCUT2D eigenvalue weighted by Gasteiger charge is -2.42. The van der Waals surface area contributed by atoms with Gasteiger partial charge in [0.15, 0.2) is 23.6 Å². The number of halogens is 1. The Morgan fingerprint density at radius 2 is 1.75 bits per heavy atom. The first-order valence-corrected chi connectivity index (χ1v) is 12.0. The second-order valence-electron chi connectivity index (χ2n) is 8.01. The molecule has 0 unspecified atom stereocenters. The number of hydrogen-bond acceptors (Lipinski definition) is 11. The minimum absolute atomic E-state index is 0.161. The molecule has 0 aliphatic carbocycles. The van der Waals surface area contributed by atoms with Gasteiger partial charge in [-0.25, -0.2) is 4.98 Å². The maximum absolute atomic E-state index is 13.5. The predicted molar refractivity (Wildman–Crippen MR) is 125 cm³/mol. The molecular formula is C23H20ClN3O8S. The van der Waals surface area contributed by atoms with Gasteiger partial charge in [-0.3, -0.25) is 23.7 Å². The minimum atomic E-state index is -1.13. The number of carbonyl (C=O) groups is 3. The van der Waals surface area contributed by atoms with Crippen LogP contribution in [-0.2, 0) is 33.3 Å². The van der Waals surface area contributed by atoms with Crippen LogP contribution in [-0.4, -0.2) is 57.6 Å². The number of nitriles is 1. The van der Waals surface area contributed by atoms with Crippen molar-refractivity contribution in [3.8, 4) is 17.3 Å². The maximum atomic E-state index is 13.5. The molecule has 11 nitrogen and oxygen atoms in total. The van der Waals surface area contributed by atoms with Crippen LogP contribution in [0.15, 0.2) is 34.2 Å². The fourth-order valence-electron chi connectivity index (χ4n) is 4.08. The van der Waals surface area contributed by atoms with Crippen LogP contribution >= 0.6 is 23.4 Å². The smallest absolute Gasteiger partial charge is 0.303 e. The van der Waals surface area contributed by atoms with Gasteiger partial charge in [0.2, 0.25) is 0 Å². The Morgan fingerprint density at radius 1 is 1.11 bits per heavy atom. The Hall–Kier alpha value is -3.40. The number of benzene rings is 1. The first-order chi connectivity index (χ1) is 17.1. The molecule has 1 saturated heterocycles. The number of aromatic nitrogens is 2. The van der Waals surface area contributed by atoms with Crippen molar-refractivity contribution in [3.63, 3.8) is 0 Å². The Balaban J connectivity index is 1.82. The van der Waals surface area contributed by atoms with Gasteiger partial charge >= 0.3 is 17.9 Å². The number of nitrogens with zero attached hydrogens (tertiary/aromatic N) is 3. The molecular weight excluding hydrogens is 514 g/mol. The molecule has 0 bridgehead atoms. The largest absolute Gasteiger partial charge is 0.463 e. The van der Waals surface area contributed by atoms with Gasteiger partial charge in [-0.05, 0) is 12.1 Å². The van der Waals surface area contributed by atoms with E-state index in [1.807, 2.05) is 6.07 Å². The highest BCUT2D eigenvalue weighted by molar-refractivity contribution is 8.00. The molecule has 2 aliphatic rings. The third-order valence-electron chi connectivity index (χ3n) is 5.47. The molecule has 5 atom stereocenters. The van der Waals surface area contributed by atoms with Gasteiger partial charge in [0.1, 0.15) is 24.3 Å². The zero-order chi connectivity index (χ0) is 26.1. The summed E-state index contributed by atoms with van der Waals surface area (Å²) < 4.78 is 23.3.